The van der Waals surface area contributed by atoms with Gasteiger partial charge in [0.1, 0.15) is 0 Å². The zero-order chi connectivity index (χ0) is 5.98. The van der Waals surface area contributed by atoms with E-state index >= 15 is 0 Å². The summed E-state index contributed by atoms with van der Waals surface area (Å²) in [6.45, 7) is 3.89. The van der Waals surface area contributed by atoms with Crippen LogP contribution in [0.1, 0.15) is 0 Å². The summed E-state index contributed by atoms with van der Waals surface area (Å²) in [5.74, 6) is 7.17. The minimum atomic E-state index is 0. The molecule has 0 atom stereocenters. The van der Waals surface area contributed by atoms with E-state index in [1.54, 1.807) is 5.01 Å². The summed E-state index contributed by atoms with van der Waals surface area (Å²) in [5, 5.41) is 1.61. The summed E-state index contributed by atoms with van der Waals surface area (Å²) in [6.07, 6.45) is 0. The van der Waals surface area contributed by atoms with Gasteiger partial charge in [0.15, 0.2) is 0 Å². The summed E-state index contributed by atoms with van der Waals surface area (Å²) in [4.78, 5) is 2.24. The number of hydrogen-bond donors (Lipinski definition) is 0. The summed E-state index contributed by atoms with van der Waals surface area (Å²) >= 11 is 0. The molecule has 0 aromatic carbocycles. The molecule has 1 aliphatic heterocycles. The van der Waals surface area contributed by atoms with Crippen molar-refractivity contribution in [2.45, 2.75) is 0 Å². The molecule has 1 N–H and O–H groups in total. The van der Waals surface area contributed by atoms with Crippen LogP contribution in [0.2, 0.25) is 0 Å². The van der Waals surface area contributed by atoms with Crippen molar-refractivity contribution in [1.29, 1.82) is 0 Å². The molecule has 48 valence electrons. The fraction of sp³-hybridized carbons (Fsp3) is 1.00. The zero-order valence-corrected chi connectivity index (χ0v) is 9.35. The van der Waals surface area contributed by atoms with E-state index in [4.69, 9.17) is 5.84 Å². The largest absolute Gasteiger partial charge is 1.00 e. The predicted molar refractivity (Wildman–Crippen MR) is 33.4 cm³/mol. The summed E-state index contributed by atoms with van der Waals surface area (Å²) in [6, 6.07) is 0. The van der Waals surface area contributed by atoms with E-state index < -0.39 is 0 Å². The monoisotopic (exact) mass is 153 g/mol. The van der Waals surface area contributed by atoms with E-state index in [1.807, 2.05) is 0 Å². The Labute approximate surface area is 98.9 Å². The van der Waals surface area contributed by atoms with Gasteiger partial charge in [-0.2, -0.15) is 0 Å². The number of hydrogen-bond acceptors (Lipinski definition) is 2. The molecule has 1 aliphatic rings. The molecule has 0 unspecified atom stereocenters. The van der Waals surface area contributed by atoms with Crippen LogP contribution in [-0.2, 0) is 0 Å². The van der Waals surface area contributed by atoms with Crippen molar-refractivity contribution in [3.8, 4) is 0 Å². The standard InChI is InChI=1S/C5H12N3.K/c1-7-2-4-8(6)5-3-7;/h6H,2-5H2,1H3;/q-1;+1. The van der Waals surface area contributed by atoms with Crippen LogP contribution in [0.25, 0.3) is 5.84 Å². The van der Waals surface area contributed by atoms with Crippen molar-refractivity contribution >= 4 is 0 Å². The summed E-state index contributed by atoms with van der Waals surface area (Å²) < 4.78 is 0. The average molecular weight is 153 g/mol. The van der Waals surface area contributed by atoms with Crippen LogP contribution in [0.15, 0.2) is 0 Å². The van der Waals surface area contributed by atoms with Gasteiger partial charge in [-0.25, -0.2) is 0 Å². The summed E-state index contributed by atoms with van der Waals surface area (Å²) in [5.41, 5.74) is 0. The SMILES string of the molecule is CN1CCN([NH-])CC1.[K+]. The fourth-order valence-corrected chi connectivity index (χ4v) is 0.806. The Morgan fingerprint density at radius 1 is 1.11 bits per heavy atom. The minimum absolute atomic E-state index is 0. The van der Waals surface area contributed by atoms with Crippen LogP contribution >= 0.6 is 0 Å². The number of rotatable bonds is 0. The molecular weight excluding hydrogens is 141 g/mol. The molecule has 1 fully saturated rings. The molecule has 0 amide bonds. The topological polar surface area (TPSA) is 30.3 Å². The van der Waals surface area contributed by atoms with Gasteiger partial charge in [-0.3, -0.25) is 0 Å². The van der Waals surface area contributed by atoms with Crippen molar-refractivity contribution in [3.05, 3.63) is 5.84 Å². The molecule has 0 spiro atoms. The molecule has 4 heteroatoms. The third-order valence-corrected chi connectivity index (χ3v) is 1.50. The third-order valence-electron chi connectivity index (χ3n) is 1.50. The van der Waals surface area contributed by atoms with Gasteiger partial charge in [0.2, 0.25) is 0 Å². The average Bonchev–Trinajstić information content (AvgIpc) is 1.77. The van der Waals surface area contributed by atoms with E-state index in [2.05, 4.69) is 11.9 Å². The first-order chi connectivity index (χ1) is 3.79. The van der Waals surface area contributed by atoms with E-state index in [1.165, 1.54) is 0 Å². The van der Waals surface area contributed by atoms with E-state index in [9.17, 15) is 0 Å². The zero-order valence-electron chi connectivity index (χ0n) is 6.22. The first kappa shape index (κ1) is 10.5. The van der Waals surface area contributed by atoms with Gasteiger partial charge in [-0.05, 0) is 20.1 Å². The van der Waals surface area contributed by atoms with Crippen molar-refractivity contribution in [2.75, 3.05) is 33.2 Å². The molecule has 0 saturated carbocycles. The number of piperazine rings is 1. The first-order valence-corrected chi connectivity index (χ1v) is 2.94. The third kappa shape index (κ3) is 4.05. The van der Waals surface area contributed by atoms with Crippen molar-refractivity contribution in [2.24, 2.45) is 0 Å². The van der Waals surface area contributed by atoms with Gasteiger partial charge in [0.05, 0.1) is 0 Å². The second kappa shape index (κ2) is 5.20. The molecule has 0 aliphatic carbocycles. The Balaban J connectivity index is 0.000000640. The summed E-state index contributed by atoms with van der Waals surface area (Å²) in [7, 11) is 2.09. The van der Waals surface area contributed by atoms with Gasteiger partial charge in [0.25, 0.3) is 0 Å². The van der Waals surface area contributed by atoms with Gasteiger partial charge in [-0.1, -0.05) is 0 Å². The minimum Gasteiger partial charge on any atom is -0.610 e. The van der Waals surface area contributed by atoms with E-state index in [-0.39, 0.29) is 51.4 Å². The Kier molecular flexibility index (Phi) is 6.08. The van der Waals surface area contributed by atoms with Crippen LogP contribution < -0.4 is 51.4 Å². The quantitative estimate of drug-likeness (QED) is 0.352. The molecular formula is C5H12KN3. The maximum absolute atomic E-state index is 7.17. The molecule has 1 rings (SSSR count). The van der Waals surface area contributed by atoms with Crippen molar-refractivity contribution < 1.29 is 51.4 Å². The first-order valence-electron chi connectivity index (χ1n) is 2.94. The smallest absolute Gasteiger partial charge is 0.610 e. The Hall–Kier alpha value is 1.52. The Morgan fingerprint density at radius 2 is 1.56 bits per heavy atom. The van der Waals surface area contributed by atoms with Crippen LogP contribution in [0.3, 0.4) is 0 Å². The molecule has 0 aromatic rings. The molecule has 0 aromatic heterocycles. The van der Waals surface area contributed by atoms with Crippen molar-refractivity contribution in [1.82, 2.24) is 9.91 Å². The second-order valence-electron chi connectivity index (χ2n) is 2.29. The van der Waals surface area contributed by atoms with Gasteiger partial charge < -0.3 is 15.8 Å². The number of nitrogens with zero attached hydrogens (tertiary/aromatic N) is 2. The predicted octanol–water partition coefficient (Wildman–Crippen LogP) is -2.79. The molecule has 0 bridgehead atoms. The van der Waals surface area contributed by atoms with E-state index in [0.29, 0.717) is 0 Å². The maximum atomic E-state index is 7.17. The second-order valence-corrected chi connectivity index (χ2v) is 2.29. The fourth-order valence-electron chi connectivity index (χ4n) is 0.806. The molecule has 3 nitrogen and oxygen atoms in total. The molecule has 9 heavy (non-hydrogen) atoms. The Morgan fingerprint density at radius 3 is 1.89 bits per heavy atom. The van der Waals surface area contributed by atoms with Crippen molar-refractivity contribution in [3.63, 3.8) is 0 Å². The molecule has 0 radical (unpaired) electrons. The molecule has 1 heterocycles. The van der Waals surface area contributed by atoms with Crippen LogP contribution in [-0.4, -0.2) is 43.1 Å². The van der Waals surface area contributed by atoms with Crippen LogP contribution in [0, 0.1) is 0 Å². The van der Waals surface area contributed by atoms with Crippen LogP contribution in [0.4, 0.5) is 0 Å². The van der Waals surface area contributed by atoms with Gasteiger partial charge >= 0.3 is 51.4 Å². The van der Waals surface area contributed by atoms with Gasteiger partial charge in [-0.15, -0.1) is 0 Å². The maximum Gasteiger partial charge on any atom is 1.00 e. The molecule has 1 saturated heterocycles. The van der Waals surface area contributed by atoms with Gasteiger partial charge in [0, 0.05) is 13.1 Å². The normalized spacial score (nSPS) is 23.3. The number of likely N-dealkylation sites (N-methyl/N-ethyl adjacent to an activating group) is 1. The van der Waals surface area contributed by atoms with E-state index in [0.717, 1.165) is 26.2 Å². The van der Waals surface area contributed by atoms with Crippen LogP contribution in [0.5, 0.6) is 0 Å². The Bertz CT molecular complexity index is 60.6. The number of nitrogens with one attached hydrogen (secondary N) is 1.